The highest BCUT2D eigenvalue weighted by molar-refractivity contribution is 6.31. The summed E-state index contributed by atoms with van der Waals surface area (Å²) >= 11 is 6.13. The van der Waals surface area contributed by atoms with E-state index in [0.29, 0.717) is 36.2 Å². The van der Waals surface area contributed by atoms with Gasteiger partial charge in [-0.1, -0.05) is 31.5 Å². The van der Waals surface area contributed by atoms with Gasteiger partial charge in [0.15, 0.2) is 0 Å². The van der Waals surface area contributed by atoms with Crippen molar-refractivity contribution in [2.24, 2.45) is 11.8 Å². The number of carboxylic acid groups (broad SMARTS) is 1. The molecule has 2 N–H and O–H groups in total. The van der Waals surface area contributed by atoms with Crippen molar-refractivity contribution in [3.63, 3.8) is 0 Å². The molecule has 1 aromatic rings. The summed E-state index contributed by atoms with van der Waals surface area (Å²) in [4.78, 5) is 11.1. The molecule has 1 rings (SSSR count). The van der Waals surface area contributed by atoms with Crippen molar-refractivity contribution in [2.75, 3.05) is 13.7 Å². The van der Waals surface area contributed by atoms with Gasteiger partial charge in [0.2, 0.25) is 0 Å². The van der Waals surface area contributed by atoms with Crippen LogP contribution in [0.1, 0.15) is 25.8 Å². The highest BCUT2D eigenvalue weighted by Crippen LogP contribution is 2.22. The standard InChI is InChI=1S/C15H22ClNO3/c1-10(2)6-12(15(18)19)9-17-8-11-4-5-13(20-3)7-14(11)16/h4-5,7,10,12,17H,6,8-9H2,1-3H3,(H,18,19). The number of hydrogen-bond acceptors (Lipinski definition) is 3. The highest BCUT2D eigenvalue weighted by atomic mass is 35.5. The van der Waals surface area contributed by atoms with Gasteiger partial charge >= 0.3 is 5.97 Å². The van der Waals surface area contributed by atoms with Gasteiger partial charge < -0.3 is 15.2 Å². The number of aliphatic carboxylic acids is 1. The van der Waals surface area contributed by atoms with Crippen LogP contribution in [0.25, 0.3) is 0 Å². The zero-order chi connectivity index (χ0) is 15.1. The van der Waals surface area contributed by atoms with Crippen molar-refractivity contribution in [3.8, 4) is 5.75 Å². The maximum absolute atomic E-state index is 11.1. The Balaban J connectivity index is 2.52. The molecule has 0 aliphatic heterocycles. The molecule has 0 fully saturated rings. The molecule has 4 nitrogen and oxygen atoms in total. The van der Waals surface area contributed by atoms with Gasteiger partial charge in [0.1, 0.15) is 5.75 Å². The van der Waals surface area contributed by atoms with Crippen molar-refractivity contribution in [1.82, 2.24) is 5.32 Å². The minimum Gasteiger partial charge on any atom is -0.497 e. The summed E-state index contributed by atoms with van der Waals surface area (Å²) in [6.07, 6.45) is 0.665. The van der Waals surface area contributed by atoms with Crippen molar-refractivity contribution in [2.45, 2.75) is 26.8 Å². The van der Waals surface area contributed by atoms with E-state index in [2.05, 4.69) is 5.32 Å². The molecule has 0 bridgehead atoms. The molecular weight excluding hydrogens is 278 g/mol. The van der Waals surface area contributed by atoms with Crippen molar-refractivity contribution in [3.05, 3.63) is 28.8 Å². The predicted octanol–water partition coefficient (Wildman–Crippen LogP) is 3.19. The number of rotatable bonds is 8. The van der Waals surface area contributed by atoms with Crippen LogP contribution in [0.5, 0.6) is 5.75 Å². The Kier molecular flexibility index (Phi) is 6.82. The predicted molar refractivity (Wildman–Crippen MR) is 80.3 cm³/mol. The molecule has 112 valence electrons. The highest BCUT2D eigenvalue weighted by Gasteiger charge is 2.18. The van der Waals surface area contributed by atoms with Crippen LogP contribution in [0.15, 0.2) is 18.2 Å². The van der Waals surface area contributed by atoms with Gasteiger partial charge in [0.05, 0.1) is 13.0 Å². The first kappa shape index (κ1) is 16.8. The minimum atomic E-state index is -0.757. The van der Waals surface area contributed by atoms with Crippen molar-refractivity contribution < 1.29 is 14.6 Å². The first-order valence-electron chi connectivity index (χ1n) is 6.70. The van der Waals surface area contributed by atoms with E-state index in [1.54, 1.807) is 13.2 Å². The summed E-state index contributed by atoms with van der Waals surface area (Å²) in [5, 5.41) is 12.9. The van der Waals surface area contributed by atoms with Gasteiger partial charge in [-0.25, -0.2) is 0 Å². The summed E-state index contributed by atoms with van der Waals surface area (Å²) in [5.74, 6) is -0.0523. The Hall–Kier alpha value is -1.26. The van der Waals surface area contributed by atoms with Gasteiger partial charge in [-0.15, -0.1) is 0 Å². The lowest BCUT2D eigenvalue weighted by molar-refractivity contribution is -0.142. The number of carbonyl (C=O) groups is 1. The van der Waals surface area contributed by atoms with Crippen molar-refractivity contribution >= 4 is 17.6 Å². The van der Waals surface area contributed by atoms with Crippen LogP contribution >= 0.6 is 11.6 Å². The summed E-state index contributed by atoms with van der Waals surface area (Å²) < 4.78 is 5.09. The summed E-state index contributed by atoms with van der Waals surface area (Å²) in [6, 6.07) is 5.47. The van der Waals surface area contributed by atoms with E-state index in [-0.39, 0.29) is 5.92 Å². The lowest BCUT2D eigenvalue weighted by atomic mass is 9.97. The zero-order valence-corrected chi connectivity index (χ0v) is 12.9. The zero-order valence-electron chi connectivity index (χ0n) is 12.1. The number of hydrogen-bond donors (Lipinski definition) is 2. The molecule has 1 aromatic carbocycles. The molecule has 1 atom stereocenters. The average Bonchev–Trinajstić information content (AvgIpc) is 2.38. The normalized spacial score (nSPS) is 12.4. The van der Waals surface area contributed by atoms with Gasteiger partial charge in [-0.05, 0) is 30.0 Å². The van der Waals surface area contributed by atoms with Crippen LogP contribution < -0.4 is 10.1 Å². The Morgan fingerprint density at radius 1 is 1.45 bits per heavy atom. The fraction of sp³-hybridized carbons (Fsp3) is 0.533. The van der Waals surface area contributed by atoms with Gasteiger partial charge in [0, 0.05) is 18.1 Å². The molecule has 0 saturated heterocycles. The summed E-state index contributed by atoms with van der Waals surface area (Å²) in [5.41, 5.74) is 0.932. The van der Waals surface area contributed by atoms with Gasteiger partial charge in [-0.3, -0.25) is 4.79 Å². The van der Waals surface area contributed by atoms with E-state index < -0.39 is 5.97 Å². The Labute approximate surface area is 125 Å². The largest absolute Gasteiger partial charge is 0.497 e. The lowest BCUT2D eigenvalue weighted by Gasteiger charge is -2.16. The third-order valence-corrected chi connectivity index (χ3v) is 3.42. The summed E-state index contributed by atoms with van der Waals surface area (Å²) in [6.45, 7) is 5.03. The molecule has 1 unspecified atom stereocenters. The Bertz CT molecular complexity index is 449. The molecule has 5 heteroatoms. The van der Waals surface area contributed by atoms with E-state index >= 15 is 0 Å². The number of ether oxygens (including phenoxy) is 1. The third kappa shape index (κ3) is 5.39. The van der Waals surface area contributed by atoms with E-state index in [1.165, 1.54) is 0 Å². The second-order valence-corrected chi connectivity index (χ2v) is 5.66. The Morgan fingerprint density at radius 3 is 2.65 bits per heavy atom. The fourth-order valence-electron chi connectivity index (χ4n) is 2.02. The quantitative estimate of drug-likeness (QED) is 0.774. The monoisotopic (exact) mass is 299 g/mol. The molecule has 0 aliphatic rings. The number of nitrogens with one attached hydrogen (secondary N) is 1. The fourth-order valence-corrected chi connectivity index (χ4v) is 2.26. The van der Waals surface area contributed by atoms with E-state index in [9.17, 15) is 4.79 Å². The van der Waals surface area contributed by atoms with E-state index in [1.807, 2.05) is 26.0 Å². The van der Waals surface area contributed by atoms with E-state index in [0.717, 1.165) is 5.56 Å². The minimum absolute atomic E-state index is 0.363. The molecular formula is C15H22ClNO3. The second-order valence-electron chi connectivity index (χ2n) is 5.25. The van der Waals surface area contributed by atoms with Crippen LogP contribution in [0, 0.1) is 11.8 Å². The molecule has 0 saturated carbocycles. The van der Waals surface area contributed by atoms with Crippen LogP contribution in [0.2, 0.25) is 5.02 Å². The SMILES string of the molecule is COc1ccc(CNCC(CC(C)C)C(=O)O)c(Cl)c1. The van der Waals surface area contributed by atoms with Crippen LogP contribution in [0.3, 0.4) is 0 Å². The van der Waals surface area contributed by atoms with Gasteiger partial charge in [0.25, 0.3) is 0 Å². The first-order chi connectivity index (χ1) is 9.43. The average molecular weight is 300 g/mol. The van der Waals surface area contributed by atoms with E-state index in [4.69, 9.17) is 21.4 Å². The number of methoxy groups -OCH3 is 1. The first-order valence-corrected chi connectivity index (χ1v) is 7.07. The van der Waals surface area contributed by atoms with Crippen LogP contribution in [-0.4, -0.2) is 24.7 Å². The molecule has 0 radical (unpaired) electrons. The maximum Gasteiger partial charge on any atom is 0.307 e. The summed E-state index contributed by atoms with van der Waals surface area (Å²) in [7, 11) is 1.59. The number of carboxylic acids is 1. The molecule has 0 heterocycles. The third-order valence-electron chi connectivity index (χ3n) is 3.07. The molecule has 0 aromatic heterocycles. The topological polar surface area (TPSA) is 58.6 Å². The second kappa shape index (κ2) is 8.12. The number of benzene rings is 1. The molecule has 0 aliphatic carbocycles. The van der Waals surface area contributed by atoms with Crippen LogP contribution in [0.4, 0.5) is 0 Å². The smallest absolute Gasteiger partial charge is 0.307 e. The van der Waals surface area contributed by atoms with Crippen LogP contribution in [-0.2, 0) is 11.3 Å². The maximum atomic E-state index is 11.1. The van der Waals surface area contributed by atoms with Crippen molar-refractivity contribution in [1.29, 1.82) is 0 Å². The molecule has 20 heavy (non-hydrogen) atoms. The lowest BCUT2D eigenvalue weighted by Crippen LogP contribution is -2.29. The molecule has 0 amide bonds. The Morgan fingerprint density at radius 2 is 2.15 bits per heavy atom. The molecule has 0 spiro atoms. The number of halogens is 1. The van der Waals surface area contributed by atoms with Gasteiger partial charge in [-0.2, -0.15) is 0 Å².